The SMILES string of the molecule is CCCCCCCCCCCCCCCCCCOC(=O)CCc1cc(CCCC)c(O)cc1CCCC. The van der Waals surface area contributed by atoms with Crippen LogP contribution >= 0.6 is 0 Å². The van der Waals surface area contributed by atoms with E-state index in [2.05, 4.69) is 26.8 Å². The van der Waals surface area contributed by atoms with Crippen molar-refractivity contribution in [2.75, 3.05) is 6.61 Å². The minimum atomic E-state index is -0.0874. The number of esters is 1. The normalized spacial score (nSPS) is 11.2. The first-order valence-corrected chi connectivity index (χ1v) is 16.6. The smallest absolute Gasteiger partial charge is 0.306 e. The Morgan fingerprint density at radius 3 is 1.47 bits per heavy atom. The highest BCUT2D eigenvalue weighted by Crippen LogP contribution is 2.27. The number of aryl methyl sites for hydroxylation is 3. The number of unbranched alkanes of at least 4 members (excludes halogenated alkanes) is 17. The summed E-state index contributed by atoms with van der Waals surface area (Å²) in [6.45, 7) is 7.19. The van der Waals surface area contributed by atoms with E-state index in [-0.39, 0.29) is 5.97 Å². The van der Waals surface area contributed by atoms with Crippen LogP contribution in [0.25, 0.3) is 0 Å². The molecule has 1 rings (SSSR count). The molecule has 0 saturated heterocycles. The first-order chi connectivity index (χ1) is 18.6. The highest BCUT2D eigenvalue weighted by molar-refractivity contribution is 5.69. The van der Waals surface area contributed by atoms with Crippen LogP contribution in [-0.2, 0) is 28.8 Å². The van der Waals surface area contributed by atoms with Crippen LogP contribution in [0.4, 0.5) is 0 Å². The van der Waals surface area contributed by atoms with Gasteiger partial charge in [-0.05, 0) is 61.3 Å². The van der Waals surface area contributed by atoms with Gasteiger partial charge in [0.1, 0.15) is 5.75 Å². The van der Waals surface area contributed by atoms with Crippen LogP contribution in [0.1, 0.15) is 172 Å². The second-order valence-electron chi connectivity index (χ2n) is 11.5. The Kier molecular flexibility index (Phi) is 22.3. The predicted molar refractivity (Wildman–Crippen MR) is 164 cm³/mol. The Morgan fingerprint density at radius 1 is 0.553 bits per heavy atom. The molecule has 3 heteroatoms. The van der Waals surface area contributed by atoms with Crippen molar-refractivity contribution in [1.29, 1.82) is 0 Å². The van der Waals surface area contributed by atoms with Gasteiger partial charge in [-0.2, -0.15) is 0 Å². The van der Waals surface area contributed by atoms with Gasteiger partial charge in [-0.3, -0.25) is 4.79 Å². The highest BCUT2D eigenvalue weighted by Gasteiger charge is 2.12. The Hall–Kier alpha value is -1.51. The number of carbonyl (C=O) groups excluding carboxylic acids is 1. The van der Waals surface area contributed by atoms with Gasteiger partial charge in [0.2, 0.25) is 0 Å². The Labute approximate surface area is 236 Å². The summed E-state index contributed by atoms with van der Waals surface area (Å²) in [5, 5.41) is 10.4. The molecule has 0 spiro atoms. The van der Waals surface area contributed by atoms with Crippen LogP contribution in [-0.4, -0.2) is 17.7 Å². The zero-order chi connectivity index (χ0) is 27.7. The lowest BCUT2D eigenvalue weighted by molar-refractivity contribution is -0.143. The van der Waals surface area contributed by atoms with Crippen molar-refractivity contribution >= 4 is 5.97 Å². The van der Waals surface area contributed by atoms with Gasteiger partial charge in [-0.15, -0.1) is 0 Å². The second kappa shape index (κ2) is 24.5. The van der Waals surface area contributed by atoms with Gasteiger partial charge in [-0.1, -0.05) is 136 Å². The Balaban J connectivity index is 2.08. The quantitative estimate of drug-likeness (QED) is 0.0956. The lowest BCUT2D eigenvalue weighted by Gasteiger charge is -2.14. The van der Waals surface area contributed by atoms with Gasteiger partial charge in [0, 0.05) is 6.42 Å². The van der Waals surface area contributed by atoms with Crippen molar-refractivity contribution in [1.82, 2.24) is 0 Å². The fourth-order valence-electron chi connectivity index (χ4n) is 5.27. The van der Waals surface area contributed by atoms with Crippen LogP contribution < -0.4 is 0 Å². The summed E-state index contributed by atoms with van der Waals surface area (Å²) >= 11 is 0. The molecule has 1 aromatic rings. The van der Waals surface area contributed by atoms with Gasteiger partial charge < -0.3 is 9.84 Å². The molecule has 220 valence electrons. The van der Waals surface area contributed by atoms with E-state index in [1.807, 2.05) is 6.07 Å². The molecule has 0 amide bonds. The molecule has 0 heterocycles. The molecule has 0 atom stereocenters. The second-order valence-corrected chi connectivity index (χ2v) is 11.5. The molecule has 3 nitrogen and oxygen atoms in total. The van der Waals surface area contributed by atoms with Crippen LogP contribution in [0.2, 0.25) is 0 Å². The van der Waals surface area contributed by atoms with Crippen molar-refractivity contribution < 1.29 is 14.6 Å². The van der Waals surface area contributed by atoms with E-state index in [0.717, 1.165) is 56.9 Å². The van der Waals surface area contributed by atoms with Gasteiger partial charge in [-0.25, -0.2) is 0 Å². The minimum absolute atomic E-state index is 0.0874. The highest BCUT2D eigenvalue weighted by atomic mass is 16.5. The zero-order valence-electron chi connectivity index (χ0n) is 25.6. The molecule has 0 fully saturated rings. The third-order valence-corrected chi connectivity index (χ3v) is 7.86. The fraction of sp³-hybridized carbons (Fsp3) is 0.800. The first-order valence-electron chi connectivity index (χ1n) is 16.6. The van der Waals surface area contributed by atoms with Crippen LogP contribution in [0.15, 0.2) is 12.1 Å². The average Bonchev–Trinajstić information content (AvgIpc) is 2.92. The van der Waals surface area contributed by atoms with Crippen LogP contribution in [0.5, 0.6) is 5.75 Å². The zero-order valence-corrected chi connectivity index (χ0v) is 25.6. The molecule has 38 heavy (non-hydrogen) atoms. The van der Waals surface area contributed by atoms with Crippen molar-refractivity contribution in [3.05, 3.63) is 28.8 Å². The lowest BCUT2D eigenvalue weighted by atomic mass is 9.94. The fourth-order valence-corrected chi connectivity index (χ4v) is 5.27. The Bertz CT molecular complexity index is 697. The van der Waals surface area contributed by atoms with E-state index in [0.29, 0.717) is 25.2 Å². The maximum Gasteiger partial charge on any atom is 0.306 e. The van der Waals surface area contributed by atoms with Crippen molar-refractivity contribution in [2.45, 2.75) is 175 Å². The molecule has 0 bridgehead atoms. The largest absolute Gasteiger partial charge is 0.508 e. The van der Waals surface area contributed by atoms with E-state index in [4.69, 9.17) is 4.74 Å². The summed E-state index contributed by atoms with van der Waals surface area (Å²) in [5.74, 6) is 0.329. The summed E-state index contributed by atoms with van der Waals surface area (Å²) in [4.78, 5) is 12.4. The van der Waals surface area contributed by atoms with Crippen LogP contribution in [0.3, 0.4) is 0 Å². The van der Waals surface area contributed by atoms with E-state index < -0.39 is 0 Å². The number of carbonyl (C=O) groups is 1. The third kappa shape index (κ3) is 17.9. The van der Waals surface area contributed by atoms with Gasteiger partial charge in [0.05, 0.1) is 6.61 Å². The molecule has 1 aromatic carbocycles. The maximum atomic E-state index is 12.4. The monoisotopic (exact) mass is 530 g/mol. The van der Waals surface area contributed by atoms with Crippen molar-refractivity contribution in [3.63, 3.8) is 0 Å². The number of benzene rings is 1. The number of aromatic hydroxyl groups is 1. The summed E-state index contributed by atoms with van der Waals surface area (Å²) in [6, 6.07) is 4.08. The molecule has 0 saturated carbocycles. The lowest BCUT2D eigenvalue weighted by Crippen LogP contribution is -2.08. The molecule has 0 aliphatic heterocycles. The summed E-state index contributed by atoms with van der Waals surface area (Å²) < 4.78 is 5.53. The summed E-state index contributed by atoms with van der Waals surface area (Å²) in [6.07, 6.45) is 29.0. The van der Waals surface area contributed by atoms with Crippen molar-refractivity contribution in [3.8, 4) is 5.75 Å². The number of rotatable bonds is 26. The number of phenols is 1. The van der Waals surface area contributed by atoms with Gasteiger partial charge >= 0.3 is 5.97 Å². The number of hydrogen-bond donors (Lipinski definition) is 1. The molecule has 0 aliphatic carbocycles. The van der Waals surface area contributed by atoms with Crippen molar-refractivity contribution in [2.24, 2.45) is 0 Å². The van der Waals surface area contributed by atoms with E-state index in [9.17, 15) is 9.90 Å². The molecule has 0 radical (unpaired) electrons. The van der Waals surface area contributed by atoms with Gasteiger partial charge in [0.15, 0.2) is 0 Å². The average molecular weight is 531 g/mol. The summed E-state index contributed by atoms with van der Waals surface area (Å²) in [7, 11) is 0. The molecule has 0 aliphatic rings. The molecular weight excluding hydrogens is 468 g/mol. The topological polar surface area (TPSA) is 46.5 Å². The van der Waals surface area contributed by atoms with E-state index in [1.54, 1.807) is 0 Å². The minimum Gasteiger partial charge on any atom is -0.508 e. The number of phenolic OH excluding ortho intramolecular Hbond substituents is 1. The molecule has 0 unspecified atom stereocenters. The molecule has 0 aromatic heterocycles. The maximum absolute atomic E-state index is 12.4. The molecule has 1 N–H and O–H groups in total. The first kappa shape index (κ1) is 34.5. The molecular formula is C35H62O3. The van der Waals surface area contributed by atoms with E-state index in [1.165, 1.54) is 101 Å². The Morgan fingerprint density at radius 2 is 0.974 bits per heavy atom. The van der Waals surface area contributed by atoms with Crippen LogP contribution in [0, 0.1) is 0 Å². The third-order valence-electron chi connectivity index (χ3n) is 7.86. The standard InChI is InChI=1S/C35H62O3/c1-4-7-10-11-12-13-14-15-16-17-18-19-20-21-22-23-28-38-35(37)27-26-32-29-33(25-9-6-3)34(36)30-31(32)24-8-5-2/h29-30,36H,4-28H2,1-3H3. The number of hydrogen-bond acceptors (Lipinski definition) is 3. The predicted octanol–water partition coefficient (Wildman–Crippen LogP) is 10.8. The summed E-state index contributed by atoms with van der Waals surface area (Å²) in [5.41, 5.74) is 3.42. The van der Waals surface area contributed by atoms with E-state index >= 15 is 0 Å². The van der Waals surface area contributed by atoms with Gasteiger partial charge in [0.25, 0.3) is 0 Å². The number of ether oxygens (including phenoxy) is 1.